The Morgan fingerprint density at radius 2 is 1.53 bits per heavy atom. The summed E-state index contributed by atoms with van der Waals surface area (Å²) >= 11 is 0. The minimum atomic E-state index is -1.13. The monoisotopic (exact) mass is 412 g/mol. The van der Waals surface area contributed by atoms with Gasteiger partial charge in [0.25, 0.3) is 0 Å². The van der Waals surface area contributed by atoms with E-state index in [4.69, 9.17) is 9.47 Å². The molecule has 2 aromatic carbocycles. The van der Waals surface area contributed by atoms with Gasteiger partial charge in [0.2, 0.25) is 0 Å². The van der Waals surface area contributed by atoms with Gasteiger partial charge in [0.1, 0.15) is 11.5 Å². The number of methoxy groups -OCH3 is 2. The average Bonchev–Trinajstić information content (AvgIpc) is 2.73. The Labute approximate surface area is 176 Å². The van der Waals surface area contributed by atoms with E-state index in [-0.39, 0.29) is 17.0 Å². The molecule has 0 radical (unpaired) electrons. The van der Waals surface area contributed by atoms with Gasteiger partial charge >= 0.3 is 11.9 Å². The second-order valence-electron chi connectivity index (χ2n) is 7.80. The summed E-state index contributed by atoms with van der Waals surface area (Å²) < 4.78 is 11.0. The Bertz CT molecular complexity index is 986. The third kappa shape index (κ3) is 3.74. The van der Waals surface area contributed by atoms with E-state index in [0.717, 1.165) is 32.1 Å². The van der Waals surface area contributed by atoms with Gasteiger partial charge < -0.3 is 19.7 Å². The quantitative estimate of drug-likeness (QED) is 0.657. The third-order valence-corrected chi connectivity index (χ3v) is 6.16. The first-order chi connectivity index (χ1) is 14.3. The minimum absolute atomic E-state index is 0.0341. The van der Waals surface area contributed by atoms with Gasteiger partial charge in [-0.1, -0.05) is 19.3 Å². The van der Waals surface area contributed by atoms with Crippen LogP contribution in [0, 0.1) is 13.8 Å². The molecule has 160 valence electrons. The molecule has 0 heterocycles. The highest BCUT2D eigenvalue weighted by Crippen LogP contribution is 2.47. The van der Waals surface area contributed by atoms with E-state index in [0.29, 0.717) is 39.3 Å². The number of benzene rings is 2. The van der Waals surface area contributed by atoms with Gasteiger partial charge in [0.05, 0.1) is 25.3 Å². The van der Waals surface area contributed by atoms with E-state index in [1.165, 1.54) is 0 Å². The average molecular weight is 412 g/mol. The van der Waals surface area contributed by atoms with Crippen LogP contribution >= 0.6 is 0 Å². The van der Waals surface area contributed by atoms with Crippen LogP contribution in [0.3, 0.4) is 0 Å². The molecular weight excluding hydrogens is 384 g/mol. The molecule has 0 aliphatic heterocycles. The van der Waals surface area contributed by atoms with Crippen molar-refractivity contribution in [2.24, 2.45) is 0 Å². The molecule has 0 bridgehead atoms. The molecule has 1 fully saturated rings. The molecule has 0 unspecified atom stereocenters. The standard InChI is InChI=1S/C24H28O6/c1-13-19(23(25)26)14(2)21(24(27)28)22(15-8-6-5-7-9-15)20(13)17-12-16(29-3)10-11-18(17)30-4/h10-12,15H,5-9H2,1-4H3,(H,25,26)(H,27,28). The number of carbonyl (C=O) groups is 2. The second kappa shape index (κ2) is 8.78. The zero-order chi connectivity index (χ0) is 22.0. The highest BCUT2D eigenvalue weighted by Gasteiger charge is 2.32. The van der Waals surface area contributed by atoms with E-state index in [1.54, 1.807) is 46.3 Å². The molecule has 6 nitrogen and oxygen atoms in total. The lowest BCUT2D eigenvalue weighted by Crippen LogP contribution is -2.19. The van der Waals surface area contributed by atoms with Crippen molar-refractivity contribution in [3.63, 3.8) is 0 Å². The summed E-state index contributed by atoms with van der Waals surface area (Å²) in [4.78, 5) is 24.5. The fraction of sp³-hybridized carbons (Fsp3) is 0.417. The topological polar surface area (TPSA) is 93.1 Å². The van der Waals surface area contributed by atoms with Crippen molar-refractivity contribution in [3.05, 3.63) is 46.0 Å². The van der Waals surface area contributed by atoms with Gasteiger partial charge in [0.15, 0.2) is 0 Å². The SMILES string of the molecule is COc1ccc(OC)c(-c2c(C)c(C(=O)O)c(C)c(C(=O)O)c2C2CCCCC2)c1. The summed E-state index contributed by atoms with van der Waals surface area (Å²) in [5.74, 6) is -1.04. The van der Waals surface area contributed by atoms with Crippen molar-refractivity contribution < 1.29 is 29.3 Å². The normalized spacial score (nSPS) is 14.4. The zero-order valence-electron chi connectivity index (χ0n) is 17.9. The van der Waals surface area contributed by atoms with Crippen LogP contribution < -0.4 is 9.47 Å². The van der Waals surface area contributed by atoms with Crippen LogP contribution in [0.25, 0.3) is 11.1 Å². The predicted molar refractivity (Wildman–Crippen MR) is 114 cm³/mol. The molecule has 1 aliphatic rings. The number of rotatable bonds is 6. The molecule has 2 N–H and O–H groups in total. The van der Waals surface area contributed by atoms with E-state index < -0.39 is 11.9 Å². The van der Waals surface area contributed by atoms with Crippen molar-refractivity contribution in [3.8, 4) is 22.6 Å². The Balaban J connectivity index is 2.49. The van der Waals surface area contributed by atoms with E-state index in [2.05, 4.69) is 0 Å². The molecule has 0 atom stereocenters. The Hall–Kier alpha value is -3.02. The first-order valence-corrected chi connectivity index (χ1v) is 10.2. The molecule has 0 amide bonds. The molecule has 3 rings (SSSR count). The molecule has 2 aromatic rings. The lowest BCUT2D eigenvalue weighted by molar-refractivity contribution is 0.0694. The fourth-order valence-corrected chi connectivity index (χ4v) is 4.81. The van der Waals surface area contributed by atoms with Crippen LogP contribution in [-0.4, -0.2) is 36.4 Å². The van der Waals surface area contributed by atoms with Crippen LogP contribution in [0.15, 0.2) is 18.2 Å². The van der Waals surface area contributed by atoms with Crippen LogP contribution in [0.4, 0.5) is 0 Å². The number of carboxylic acids is 2. The van der Waals surface area contributed by atoms with Crippen molar-refractivity contribution >= 4 is 11.9 Å². The Morgan fingerprint density at radius 3 is 2.07 bits per heavy atom. The Kier molecular flexibility index (Phi) is 6.34. The van der Waals surface area contributed by atoms with Crippen molar-refractivity contribution in [2.45, 2.75) is 51.9 Å². The predicted octanol–water partition coefficient (Wildman–Crippen LogP) is 5.43. The summed E-state index contributed by atoms with van der Waals surface area (Å²) in [5.41, 5.74) is 3.00. The molecule has 0 aromatic heterocycles. The van der Waals surface area contributed by atoms with E-state index in [9.17, 15) is 19.8 Å². The molecule has 1 saturated carbocycles. The highest BCUT2D eigenvalue weighted by atomic mass is 16.5. The van der Waals surface area contributed by atoms with Gasteiger partial charge in [-0.2, -0.15) is 0 Å². The maximum absolute atomic E-state index is 12.4. The lowest BCUT2D eigenvalue weighted by atomic mass is 9.74. The fourth-order valence-electron chi connectivity index (χ4n) is 4.81. The van der Waals surface area contributed by atoms with Crippen LogP contribution in [0.2, 0.25) is 0 Å². The molecule has 6 heteroatoms. The molecule has 0 spiro atoms. The largest absolute Gasteiger partial charge is 0.497 e. The summed E-state index contributed by atoms with van der Waals surface area (Å²) in [6.07, 6.45) is 4.94. The zero-order valence-corrected chi connectivity index (χ0v) is 17.9. The lowest BCUT2D eigenvalue weighted by Gasteiger charge is -2.29. The van der Waals surface area contributed by atoms with Gasteiger partial charge in [-0.05, 0) is 73.1 Å². The Morgan fingerprint density at radius 1 is 0.900 bits per heavy atom. The van der Waals surface area contributed by atoms with Crippen LogP contribution in [0.1, 0.15) is 75.4 Å². The highest BCUT2D eigenvalue weighted by molar-refractivity contribution is 6.03. The molecular formula is C24H28O6. The van der Waals surface area contributed by atoms with Gasteiger partial charge in [0, 0.05) is 5.56 Å². The second-order valence-corrected chi connectivity index (χ2v) is 7.80. The first-order valence-electron chi connectivity index (χ1n) is 10.2. The number of aromatic carboxylic acids is 2. The number of carboxylic acid groups (broad SMARTS) is 2. The van der Waals surface area contributed by atoms with Gasteiger partial charge in [-0.25, -0.2) is 9.59 Å². The van der Waals surface area contributed by atoms with E-state index >= 15 is 0 Å². The summed E-state index contributed by atoms with van der Waals surface area (Å²) in [6, 6.07) is 5.32. The first kappa shape index (κ1) is 21.7. The number of ether oxygens (including phenoxy) is 2. The van der Waals surface area contributed by atoms with Crippen LogP contribution in [0.5, 0.6) is 11.5 Å². The summed E-state index contributed by atoms with van der Waals surface area (Å²) in [5, 5.41) is 20.0. The number of hydrogen-bond acceptors (Lipinski definition) is 4. The maximum atomic E-state index is 12.4. The smallest absolute Gasteiger partial charge is 0.336 e. The van der Waals surface area contributed by atoms with E-state index in [1.807, 2.05) is 0 Å². The maximum Gasteiger partial charge on any atom is 0.336 e. The molecule has 1 aliphatic carbocycles. The van der Waals surface area contributed by atoms with Crippen molar-refractivity contribution in [1.82, 2.24) is 0 Å². The van der Waals surface area contributed by atoms with Gasteiger partial charge in [-0.3, -0.25) is 0 Å². The summed E-state index contributed by atoms with van der Waals surface area (Å²) in [7, 11) is 3.10. The van der Waals surface area contributed by atoms with Crippen molar-refractivity contribution in [1.29, 1.82) is 0 Å². The minimum Gasteiger partial charge on any atom is -0.497 e. The van der Waals surface area contributed by atoms with Gasteiger partial charge in [-0.15, -0.1) is 0 Å². The number of hydrogen-bond donors (Lipinski definition) is 2. The third-order valence-electron chi connectivity index (χ3n) is 6.16. The summed E-state index contributed by atoms with van der Waals surface area (Å²) in [6.45, 7) is 3.35. The molecule has 0 saturated heterocycles. The van der Waals surface area contributed by atoms with Crippen LogP contribution in [-0.2, 0) is 0 Å². The van der Waals surface area contributed by atoms with Crippen molar-refractivity contribution in [2.75, 3.05) is 14.2 Å². The molecule has 30 heavy (non-hydrogen) atoms.